The molecule has 0 aromatic heterocycles. The van der Waals surface area contributed by atoms with Crippen LogP contribution >= 0.6 is 0 Å². The molecule has 2 N–H and O–H groups in total. The first-order chi connectivity index (χ1) is 9.86. The maximum absolute atomic E-state index is 12.6. The first kappa shape index (κ1) is 15.7. The van der Waals surface area contributed by atoms with Crippen molar-refractivity contribution in [3.05, 3.63) is 23.8 Å². The molecule has 1 unspecified atom stereocenters. The largest absolute Gasteiger partial charge is 0.496 e. The van der Waals surface area contributed by atoms with Crippen LogP contribution in [0.1, 0.15) is 17.3 Å². The van der Waals surface area contributed by atoms with Crippen molar-refractivity contribution in [3.63, 3.8) is 0 Å². The molecule has 1 aliphatic rings. The predicted octanol–water partition coefficient (Wildman–Crippen LogP) is 0.204. The van der Waals surface area contributed by atoms with Gasteiger partial charge in [0.15, 0.2) is 0 Å². The number of primary amides is 1. The fraction of sp³-hybridized carbons (Fsp3) is 0.462. The minimum absolute atomic E-state index is 0.0196. The maximum atomic E-state index is 12.6. The summed E-state index contributed by atoms with van der Waals surface area (Å²) in [6.07, 6.45) is -0.164. The molecule has 1 aromatic carbocycles. The van der Waals surface area contributed by atoms with E-state index in [2.05, 4.69) is 0 Å². The number of amides is 1. The average molecular weight is 314 g/mol. The minimum Gasteiger partial charge on any atom is -0.496 e. The van der Waals surface area contributed by atoms with Gasteiger partial charge in [-0.25, -0.2) is 8.42 Å². The summed E-state index contributed by atoms with van der Waals surface area (Å²) in [5.41, 5.74) is 5.30. The van der Waals surface area contributed by atoms with Gasteiger partial charge >= 0.3 is 0 Å². The number of nitrogens with two attached hydrogens (primary N) is 1. The lowest BCUT2D eigenvalue weighted by Crippen LogP contribution is -2.44. The lowest BCUT2D eigenvalue weighted by Gasteiger charge is -2.30. The van der Waals surface area contributed by atoms with E-state index in [-0.39, 0.29) is 35.4 Å². The minimum atomic E-state index is -3.69. The molecule has 7 nitrogen and oxygen atoms in total. The van der Waals surface area contributed by atoms with E-state index in [4.69, 9.17) is 15.2 Å². The zero-order valence-electron chi connectivity index (χ0n) is 11.9. The van der Waals surface area contributed by atoms with Crippen molar-refractivity contribution >= 4 is 15.9 Å². The normalized spacial score (nSPS) is 20.2. The quantitative estimate of drug-likeness (QED) is 0.856. The van der Waals surface area contributed by atoms with Crippen LogP contribution in [0.4, 0.5) is 0 Å². The van der Waals surface area contributed by atoms with Gasteiger partial charge in [-0.15, -0.1) is 0 Å². The number of ether oxygens (including phenoxy) is 2. The van der Waals surface area contributed by atoms with E-state index in [0.717, 1.165) is 0 Å². The molecular formula is C13H18N2O5S. The summed E-state index contributed by atoms with van der Waals surface area (Å²) < 4.78 is 36.9. The zero-order valence-corrected chi connectivity index (χ0v) is 12.7. The fourth-order valence-corrected chi connectivity index (χ4v) is 3.72. The van der Waals surface area contributed by atoms with Crippen molar-refractivity contribution < 1.29 is 22.7 Å². The molecule has 8 heteroatoms. The van der Waals surface area contributed by atoms with Gasteiger partial charge in [-0.2, -0.15) is 4.31 Å². The number of rotatable bonds is 4. The van der Waals surface area contributed by atoms with Crippen molar-refractivity contribution in [2.24, 2.45) is 5.73 Å². The number of nitrogens with zero attached hydrogens (tertiary/aromatic N) is 1. The second-order valence-electron chi connectivity index (χ2n) is 4.77. The smallest absolute Gasteiger partial charge is 0.252 e. The summed E-state index contributed by atoms with van der Waals surface area (Å²) in [6.45, 7) is 2.72. The average Bonchev–Trinajstić information content (AvgIpc) is 2.46. The van der Waals surface area contributed by atoms with E-state index in [9.17, 15) is 13.2 Å². The van der Waals surface area contributed by atoms with Crippen LogP contribution < -0.4 is 10.5 Å². The summed E-state index contributed by atoms with van der Waals surface area (Å²) in [6, 6.07) is 4.08. The monoisotopic (exact) mass is 314 g/mol. The Kier molecular flexibility index (Phi) is 4.50. The van der Waals surface area contributed by atoms with Gasteiger partial charge < -0.3 is 15.2 Å². The van der Waals surface area contributed by atoms with Crippen LogP contribution in [0, 0.1) is 0 Å². The molecule has 1 saturated heterocycles. The van der Waals surface area contributed by atoms with Crippen molar-refractivity contribution in [3.8, 4) is 5.75 Å². The fourth-order valence-electron chi connectivity index (χ4n) is 2.19. The van der Waals surface area contributed by atoms with E-state index in [0.29, 0.717) is 6.61 Å². The number of sulfonamides is 1. The second kappa shape index (κ2) is 6.00. The number of carbonyl (C=O) groups excluding carboxylic acids is 1. The van der Waals surface area contributed by atoms with E-state index in [1.807, 2.05) is 6.92 Å². The lowest BCUT2D eigenvalue weighted by molar-refractivity contribution is 0.0102. The molecule has 1 atom stereocenters. The molecule has 1 fully saturated rings. The molecular weight excluding hydrogens is 296 g/mol. The first-order valence-electron chi connectivity index (χ1n) is 6.46. The third kappa shape index (κ3) is 3.17. The molecule has 0 aliphatic carbocycles. The third-order valence-corrected chi connectivity index (χ3v) is 5.14. The molecule has 0 radical (unpaired) electrons. The van der Waals surface area contributed by atoms with Crippen LogP contribution in [0.25, 0.3) is 0 Å². The van der Waals surface area contributed by atoms with Gasteiger partial charge in [0.25, 0.3) is 5.91 Å². The number of hydrogen-bond acceptors (Lipinski definition) is 5. The summed E-state index contributed by atoms with van der Waals surface area (Å²) in [5.74, 6) is -0.490. The molecule has 1 aliphatic heterocycles. The Balaban J connectivity index is 2.40. The van der Waals surface area contributed by atoms with Gasteiger partial charge in [0.05, 0.1) is 30.3 Å². The van der Waals surface area contributed by atoms with E-state index in [1.54, 1.807) is 0 Å². The van der Waals surface area contributed by atoms with Crippen LogP contribution in [0.15, 0.2) is 23.1 Å². The molecule has 1 heterocycles. The number of hydrogen-bond donors (Lipinski definition) is 1. The van der Waals surface area contributed by atoms with Crippen molar-refractivity contribution in [2.45, 2.75) is 17.9 Å². The van der Waals surface area contributed by atoms with Crippen LogP contribution in [-0.4, -0.2) is 51.5 Å². The standard InChI is InChI=1S/C13H18N2O5S/c1-9-8-15(5-6-20-9)21(17,18)10-3-4-12(19-2)11(7-10)13(14)16/h3-4,7,9H,5-6,8H2,1-2H3,(H2,14,16). The number of methoxy groups -OCH3 is 1. The van der Waals surface area contributed by atoms with Crippen LogP contribution in [0.3, 0.4) is 0 Å². The second-order valence-corrected chi connectivity index (χ2v) is 6.71. The summed E-state index contributed by atoms with van der Waals surface area (Å²) in [5, 5.41) is 0. The summed E-state index contributed by atoms with van der Waals surface area (Å²) in [4.78, 5) is 11.4. The van der Waals surface area contributed by atoms with Crippen molar-refractivity contribution in [1.82, 2.24) is 4.31 Å². The van der Waals surface area contributed by atoms with E-state index < -0.39 is 15.9 Å². The van der Waals surface area contributed by atoms with Gasteiger partial charge in [-0.05, 0) is 25.1 Å². The summed E-state index contributed by atoms with van der Waals surface area (Å²) in [7, 11) is -2.30. The molecule has 1 amide bonds. The SMILES string of the molecule is COc1ccc(S(=O)(=O)N2CCOC(C)C2)cc1C(N)=O. The predicted molar refractivity (Wildman–Crippen MR) is 75.7 cm³/mol. The number of carbonyl (C=O) groups is 1. The molecule has 1 aromatic rings. The number of benzene rings is 1. The highest BCUT2D eigenvalue weighted by molar-refractivity contribution is 7.89. The molecule has 2 rings (SSSR count). The van der Waals surface area contributed by atoms with E-state index in [1.165, 1.54) is 29.6 Å². The summed E-state index contributed by atoms with van der Waals surface area (Å²) >= 11 is 0. The Bertz CT molecular complexity index is 644. The highest BCUT2D eigenvalue weighted by Crippen LogP contribution is 2.25. The number of morpholine rings is 1. The van der Waals surface area contributed by atoms with Crippen molar-refractivity contribution in [2.75, 3.05) is 26.8 Å². The molecule has 0 bridgehead atoms. The Morgan fingerprint density at radius 1 is 1.48 bits per heavy atom. The van der Waals surface area contributed by atoms with Gasteiger partial charge in [0.1, 0.15) is 5.75 Å². The van der Waals surface area contributed by atoms with Crippen LogP contribution in [0.2, 0.25) is 0 Å². The maximum Gasteiger partial charge on any atom is 0.252 e. The third-order valence-electron chi connectivity index (χ3n) is 3.28. The van der Waals surface area contributed by atoms with Gasteiger partial charge in [-0.1, -0.05) is 0 Å². The zero-order chi connectivity index (χ0) is 15.6. The van der Waals surface area contributed by atoms with Gasteiger partial charge in [0, 0.05) is 13.1 Å². The molecule has 21 heavy (non-hydrogen) atoms. The molecule has 116 valence electrons. The van der Waals surface area contributed by atoms with Gasteiger partial charge in [-0.3, -0.25) is 4.79 Å². The highest BCUT2D eigenvalue weighted by Gasteiger charge is 2.30. The van der Waals surface area contributed by atoms with Crippen LogP contribution in [0.5, 0.6) is 5.75 Å². The highest BCUT2D eigenvalue weighted by atomic mass is 32.2. The topological polar surface area (TPSA) is 98.9 Å². The van der Waals surface area contributed by atoms with Crippen LogP contribution in [-0.2, 0) is 14.8 Å². The lowest BCUT2D eigenvalue weighted by atomic mass is 10.2. The Hall–Kier alpha value is -1.64. The van der Waals surface area contributed by atoms with Crippen molar-refractivity contribution in [1.29, 1.82) is 0 Å². The van der Waals surface area contributed by atoms with Gasteiger partial charge in [0.2, 0.25) is 10.0 Å². The first-order valence-corrected chi connectivity index (χ1v) is 7.90. The Labute approximate surface area is 123 Å². The molecule has 0 saturated carbocycles. The Morgan fingerprint density at radius 3 is 2.76 bits per heavy atom. The molecule has 0 spiro atoms. The van der Waals surface area contributed by atoms with E-state index >= 15 is 0 Å². The Morgan fingerprint density at radius 2 is 2.19 bits per heavy atom.